The summed E-state index contributed by atoms with van der Waals surface area (Å²) in [6, 6.07) is 4.55. The van der Waals surface area contributed by atoms with Crippen LogP contribution in [0.4, 0.5) is 0 Å². The van der Waals surface area contributed by atoms with Gasteiger partial charge in [-0.2, -0.15) is 0 Å². The minimum absolute atomic E-state index is 0.0236. The lowest BCUT2D eigenvalue weighted by Crippen LogP contribution is -2.65. The van der Waals surface area contributed by atoms with E-state index in [2.05, 4.69) is 0 Å². The summed E-state index contributed by atoms with van der Waals surface area (Å²) in [7, 11) is 1.38. The number of ether oxygens (including phenoxy) is 7. The van der Waals surface area contributed by atoms with Gasteiger partial charge in [-0.05, 0) is 30.9 Å². The van der Waals surface area contributed by atoms with Crippen molar-refractivity contribution in [2.24, 2.45) is 0 Å². The molecule has 0 spiro atoms. The molecule has 0 unspecified atom stereocenters. The maximum Gasteiger partial charge on any atom is 0.229 e. The monoisotopic (exact) mass is 732 g/mol. The third-order valence-electron chi connectivity index (χ3n) is 9.23. The SMILES string of the molecule is COc1cc(O[C@@H]2O[C@H](CO[C@@H]3O[C@H](CO)[C@@H](O)[C@H](O[C@@H]4O[C@H](CO)[C@@H](O)[C@H](O)[C@H]4O)[C@H]3O)[C@@H](O)[C@H](O)[C@H]2O)c2c(O)c(C(C)=O)c(C)cc2c1. The highest BCUT2D eigenvalue weighted by molar-refractivity contribution is 6.07. The van der Waals surface area contributed by atoms with Crippen LogP contribution in [-0.4, -0.2) is 181 Å². The maximum atomic E-state index is 12.3. The van der Waals surface area contributed by atoms with Gasteiger partial charge in [-0.15, -0.1) is 0 Å². The Hall–Kier alpha value is -2.83. The fourth-order valence-corrected chi connectivity index (χ4v) is 6.40. The number of aryl methyl sites for hydroxylation is 1. The molecule has 2 aromatic carbocycles. The van der Waals surface area contributed by atoms with Crippen LogP contribution in [0.25, 0.3) is 10.8 Å². The van der Waals surface area contributed by atoms with Crippen molar-refractivity contribution < 1.29 is 94.1 Å². The van der Waals surface area contributed by atoms with Crippen LogP contribution in [-0.2, 0) is 23.7 Å². The molecule has 0 bridgehead atoms. The minimum atomic E-state index is -1.90. The highest BCUT2D eigenvalue weighted by Gasteiger charge is 2.52. The van der Waals surface area contributed by atoms with Gasteiger partial charge in [0.25, 0.3) is 0 Å². The molecule has 3 aliphatic rings. The highest BCUT2D eigenvalue weighted by atomic mass is 16.7. The smallest absolute Gasteiger partial charge is 0.229 e. The largest absolute Gasteiger partial charge is 0.506 e. The van der Waals surface area contributed by atoms with Gasteiger partial charge < -0.3 is 89.3 Å². The Bertz CT molecular complexity index is 1520. The lowest BCUT2D eigenvalue weighted by Gasteiger charge is -2.46. The first kappa shape index (κ1) is 39.4. The van der Waals surface area contributed by atoms with E-state index in [-0.39, 0.29) is 22.4 Å². The second-order valence-corrected chi connectivity index (χ2v) is 12.7. The van der Waals surface area contributed by atoms with Gasteiger partial charge in [-0.1, -0.05) is 6.07 Å². The second-order valence-electron chi connectivity index (χ2n) is 12.7. The van der Waals surface area contributed by atoms with Crippen LogP contribution < -0.4 is 9.47 Å². The highest BCUT2D eigenvalue weighted by Crippen LogP contribution is 2.42. The molecule has 15 atom stereocenters. The van der Waals surface area contributed by atoms with E-state index in [0.717, 1.165) is 0 Å². The lowest BCUT2D eigenvalue weighted by atomic mass is 9.96. The van der Waals surface area contributed by atoms with E-state index in [0.29, 0.717) is 10.9 Å². The summed E-state index contributed by atoms with van der Waals surface area (Å²) in [4.78, 5) is 12.3. The number of benzene rings is 2. The zero-order valence-electron chi connectivity index (χ0n) is 27.7. The van der Waals surface area contributed by atoms with E-state index in [1.165, 1.54) is 20.1 Å². The lowest BCUT2D eigenvalue weighted by molar-refractivity contribution is -0.364. The minimum Gasteiger partial charge on any atom is -0.506 e. The molecular weight excluding hydrogens is 688 g/mol. The van der Waals surface area contributed by atoms with Crippen LogP contribution in [0.3, 0.4) is 0 Å². The van der Waals surface area contributed by atoms with Gasteiger partial charge in [0.1, 0.15) is 90.5 Å². The molecule has 3 aliphatic heterocycles. The summed E-state index contributed by atoms with van der Waals surface area (Å²) in [5, 5.41) is 116. The van der Waals surface area contributed by atoms with Crippen LogP contribution >= 0.6 is 0 Å². The zero-order chi connectivity index (χ0) is 37.5. The first-order chi connectivity index (χ1) is 24.1. The molecule has 0 aromatic heterocycles. The molecular formula is C32H44O19. The van der Waals surface area contributed by atoms with Crippen molar-refractivity contribution in [2.45, 2.75) is 106 Å². The summed E-state index contributed by atoms with van der Waals surface area (Å²) in [6.07, 6.45) is -25.9. The molecule has 0 radical (unpaired) electrons. The number of aliphatic hydroxyl groups is 10. The molecule has 0 amide bonds. The van der Waals surface area contributed by atoms with Gasteiger partial charge in [0.2, 0.25) is 6.29 Å². The molecule has 5 rings (SSSR count). The van der Waals surface area contributed by atoms with Gasteiger partial charge in [0, 0.05) is 6.07 Å². The van der Waals surface area contributed by atoms with Gasteiger partial charge in [0.15, 0.2) is 18.4 Å². The van der Waals surface area contributed by atoms with Crippen LogP contribution in [0, 0.1) is 6.92 Å². The molecule has 19 heteroatoms. The third kappa shape index (κ3) is 7.65. The number of fused-ring (bicyclic) bond motifs is 1. The Morgan fingerprint density at radius 2 is 1.29 bits per heavy atom. The summed E-state index contributed by atoms with van der Waals surface area (Å²) in [5.74, 6) is -0.689. The van der Waals surface area contributed by atoms with Crippen LogP contribution in [0.1, 0.15) is 22.8 Å². The quantitative estimate of drug-likeness (QED) is 0.0978. The van der Waals surface area contributed by atoms with E-state index < -0.39 is 123 Å². The van der Waals surface area contributed by atoms with Crippen LogP contribution in [0.5, 0.6) is 17.2 Å². The molecule has 19 nitrogen and oxygen atoms in total. The molecule has 0 aliphatic carbocycles. The normalized spacial score (nSPS) is 38.8. The van der Waals surface area contributed by atoms with Crippen molar-refractivity contribution in [1.82, 2.24) is 0 Å². The average Bonchev–Trinajstić information content (AvgIpc) is 3.09. The van der Waals surface area contributed by atoms with Gasteiger partial charge in [-0.25, -0.2) is 0 Å². The number of rotatable bonds is 11. The van der Waals surface area contributed by atoms with Gasteiger partial charge >= 0.3 is 0 Å². The zero-order valence-corrected chi connectivity index (χ0v) is 27.7. The molecule has 0 saturated carbocycles. The summed E-state index contributed by atoms with van der Waals surface area (Å²) < 4.78 is 39.0. The summed E-state index contributed by atoms with van der Waals surface area (Å²) >= 11 is 0. The number of hydrogen-bond acceptors (Lipinski definition) is 19. The topological polar surface area (TPSA) is 304 Å². The summed E-state index contributed by atoms with van der Waals surface area (Å²) in [5.41, 5.74) is 0.496. The van der Waals surface area contributed by atoms with Gasteiger partial charge in [0.05, 0.1) is 37.9 Å². The molecule has 2 aromatic rings. The van der Waals surface area contributed by atoms with Crippen LogP contribution in [0.2, 0.25) is 0 Å². The third-order valence-corrected chi connectivity index (χ3v) is 9.23. The summed E-state index contributed by atoms with van der Waals surface area (Å²) in [6.45, 7) is 0.627. The van der Waals surface area contributed by atoms with E-state index in [4.69, 9.17) is 33.2 Å². The number of hydrogen-bond donors (Lipinski definition) is 11. The predicted molar refractivity (Wildman–Crippen MR) is 167 cm³/mol. The Morgan fingerprint density at radius 1 is 0.725 bits per heavy atom. The standard InChI is InChI=1S/C32H44O19/c1-10-4-12-5-13(45-3)6-14(19(12)23(39)18(10)11(2)35)47-31-26(42)25(41)21(37)17(50-31)9-46-30-28(44)29(22(38)16(8-34)48-30)51-32-27(43)24(40)20(36)15(7-33)49-32/h4-6,15-17,20-22,24-34,36-44H,7-9H2,1-3H3/t15-,16-,17-,20-,21-,22-,24+,25+,26-,27-,28-,29+,30-,31-,32+/m1/s1. The van der Waals surface area contributed by atoms with Crippen molar-refractivity contribution in [1.29, 1.82) is 0 Å². The molecule has 3 saturated heterocycles. The molecule has 3 heterocycles. The van der Waals surface area contributed by atoms with Crippen molar-refractivity contribution >= 4 is 16.6 Å². The number of ketones is 1. The Labute approximate surface area is 290 Å². The van der Waals surface area contributed by atoms with Gasteiger partial charge in [-0.3, -0.25) is 4.79 Å². The van der Waals surface area contributed by atoms with E-state index in [1.807, 2.05) is 0 Å². The number of phenols is 1. The molecule has 3 fully saturated rings. The van der Waals surface area contributed by atoms with Crippen molar-refractivity contribution in [3.63, 3.8) is 0 Å². The average molecular weight is 733 g/mol. The van der Waals surface area contributed by atoms with Crippen molar-refractivity contribution in [3.8, 4) is 17.2 Å². The number of carbonyl (C=O) groups excluding carboxylic acids is 1. The number of aromatic hydroxyl groups is 1. The Morgan fingerprint density at radius 3 is 1.90 bits per heavy atom. The number of carbonyl (C=O) groups is 1. The molecule has 51 heavy (non-hydrogen) atoms. The molecule has 11 N–H and O–H groups in total. The van der Waals surface area contributed by atoms with E-state index in [9.17, 15) is 61.0 Å². The van der Waals surface area contributed by atoms with Crippen molar-refractivity contribution in [3.05, 3.63) is 29.3 Å². The number of phenolic OH excluding ortho intramolecular Hbond substituents is 1. The molecule has 286 valence electrons. The number of methoxy groups -OCH3 is 1. The fourth-order valence-electron chi connectivity index (χ4n) is 6.40. The number of aliphatic hydroxyl groups excluding tert-OH is 10. The predicted octanol–water partition coefficient (Wildman–Crippen LogP) is -4.11. The maximum absolute atomic E-state index is 12.3. The van der Waals surface area contributed by atoms with E-state index >= 15 is 0 Å². The fraction of sp³-hybridized carbons (Fsp3) is 0.656. The Balaban J connectivity index is 1.35. The van der Waals surface area contributed by atoms with Crippen LogP contribution in [0.15, 0.2) is 18.2 Å². The first-order valence-electron chi connectivity index (χ1n) is 16.0. The number of Topliss-reactive ketones (excluding diaryl/α,β-unsaturated/α-hetero) is 1. The first-order valence-corrected chi connectivity index (χ1v) is 16.0. The second kappa shape index (κ2) is 16.0. The Kier molecular flexibility index (Phi) is 12.4. The van der Waals surface area contributed by atoms with E-state index in [1.54, 1.807) is 19.1 Å². The van der Waals surface area contributed by atoms with Crippen molar-refractivity contribution in [2.75, 3.05) is 26.9 Å².